The zero-order valence-electron chi connectivity index (χ0n) is 13.3. The summed E-state index contributed by atoms with van der Waals surface area (Å²) in [6.07, 6.45) is 0. The van der Waals surface area contributed by atoms with Gasteiger partial charge < -0.3 is 4.74 Å². The molecule has 0 fully saturated rings. The molecule has 25 heavy (non-hydrogen) atoms. The average Bonchev–Trinajstić information content (AvgIpc) is 3.23. The lowest BCUT2D eigenvalue weighted by atomic mass is 10.3. The van der Waals surface area contributed by atoms with Crippen LogP contribution in [0, 0.1) is 0 Å². The van der Waals surface area contributed by atoms with Crippen LogP contribution in [-0.2, 0) is 0 Å². The summed E-state index contributed by atoms with van der Waals surface area (Å²) in [5, 5.41) is 1.02. The molecule has 6 nitrogen and oxygen atoms in total. The van der Waals surface area contributed by atoms with Crippen LogP contribution in [0.1, 0.15) is 16.7 Å². The summed E-state index contributed by atoms with van der Waals surface area (Å²) in [5.74, 6) is 0.527. The van der Waals surface area contributed by atoms with Crippen molar-refractivity contribution >= 4 is 54.1 Å². The molecule has 0 atom stereocenters. The maximum atomic E-state index is 12.3. The van der Waals surface area contributed by atoms with Crippen LogP contribution >= 0.6 is 22.7 Å². The molecule has 4 rings (SSSR count). The molecule has 2 heterocycles. The number of hydrogen-bond acceptors (Lipinski definition) is 7. The summed E-state index contributed by atoms with van der Waals surface area (Å²) in [6, 6.07) is 13.4. The zero-order valence-corrected chi connectivity index (χ0v) is 14.9. The fourth-order valence-electron chi connectivity index (χ4n) is 2.35. The Kier molecular flexibility index (Phi) is 4.21. The number of hydrogen-bond donors (Lipinski definition) is 2. The molecule has 4 aromatic rings. The minimum absolute atomic E-state index is 0.282. The Bertz CT molecular complexity index is 1020. The monoisotopic (exact) mass is 370 g/mol. The van der Waals surface area contributed by atoms with Gasteiger partial charge in [-0.25, -0.2) is 9.97 Å². The van der Waals surface area contributed by atoms with Gasteiger partial charge in [-0.1, -0.05) is 23.5 Å². The standard InChI is InChI=1S/C17H14N4O2S2/c1-2-23-10-7-8-12-14(9-10)25-17(19-12)21-20-15(22)16-18-11-5-3-4-6-13(11)24-16/h3-9H,2H2,1H3,(H,19,21)(H,20,22). The van der Waals surface area contributed by atoms with Crippen LogP contribution in [0.15, 0.2) is 42.5 Å². The minimum Gasteiger partial charge on any atom is -0.494 e. The van der Waals surface area contributed by atoms with Gasteiger partial charge in [0.25, 0.3) is 5.91 Å². The Labute approximate surface area is 151 Å². The Hall–Kier alpha value is -2.71. The molecule has 2 aromatic heterocycles. The molecule has 8 heteroatoms. The van der Waals surface area contributed by atoms with E-state index < -0.39 is 0 Å². The number of carbonyl (C=O) groups excluding carboxylic acids is 1. The van der Waals surface area contributed by atoms with Gasteiger partial charge in [-0.15, -0.1) is 11.3 Å². The average molecular weight is 370 g/mol. The normalized spacial score (nSPS) is 10.9. The number of benzene rings is 2. The Morgan fingerprint density at radius 1 is 1.08 bits per heavy atom. The fraction of sp³-hybridized carbons (Fsp3) is 0.118. The first-order valence-electron chi connectivity index (χ1n) is 7.68. The number of nitrogens with one attached hydrogen (secondary N) is 2. The molecule has 0 aliphatic carbocycles. The third-order valence-electron chi connectivity index (χ3n) is 3.44. The summed E-state index contributed by atoms with van der Waals surface area (Å²) in [6.45, 7) is 2.56. The van der Waals surface area contributed by atoms with Crippen molar-refractivity contribution in [3.05, 3.63) is 47.5 Å². The van der Waals surface area contributed by atoms with Crippen molar-refractivity contribution in [2.24, 2.45) is 0 Å². The van der Waals surface area contributed by atoms with E-state index in [0.29, 0.717) is 16.7 Å². The van der Waals surface area contributed by atoms with Crippen molar-refractivity contribution in [3.8, 4) is 5.75 Å². The maximum Gasteiger partial charge on any atom is 0.298 e. The predicted octanol–water partition coefficient (Wildman–Crippen LogP) is 4.06. The molecule has 0 radical (unpaired) electrons. The number of anilines is 1. The second-order valence-electron chi connectivity index (χ2n) is 5.15. The van der Waals surface area contributed by atoms with Gasteiger partial charge in [0.1, 0.15) is 5.75 Å². The third-order valence-corrected chi connectivity index (χ3v) is 5.41. The van der Waals surface area contributed by atoms with Gasteiger partial charge in [-0.05, 0) is 37.3 Å². The first kappa shape index (κ1) is 15.8. The number of para-hydroxylation sites is 1. The smallest absolute Gasteiger partial charge is 0.298 e. The highest BCUT2D eigenvalue weighted by Gasteiger charge is 2.12. The highest BCUT2D eigenvalue weighted by molar-refractivity contribution is 7.22. The van der Waals surface area contributed by atoms with Gasteiger partial charge in [-0.2, -0.15) is 0 Å². The molecule has 0 spiro atoms. The van der Waals surface area contributed by atoms with Gasteiger partial charge >= 0.3 is 0 Å². The Balaban J connectivity index is 1.48. The molecule has 0 saturated heterocycles. The minimum atomic E-state index is -0.282. The van der Waals surface area contributed by atoms with Crippen LogP contribution in [0.5, 0.6) is 5.75 Å². The third kappa shape index (κ3) is 3.26. The lowest BCUT2D eigenvalue weighted by Gasteiger charge is -2.02. The first-order valence-corrected chi connectivity index (χ1v) is 9.31. The van der Waals surface area contributed by atoms with E-state index in [1.165, 1.54) is 22.7 Å². The molecule has 0 unspecified atom stereocenters. The molecule has 126 valence electrons. The molecule has 1 amide bonds. The van der Waals surface area contributed by atoms with Crippen LogP contribution < -0.4 is 15.6 Å². The quantitative estimate of drug-likeness (QED) is 0.518. The van der Waals surface area contributed by atoms with E-state index in [4.69, 9.17) is 4.74 Å². The largest absolute Gasteiger partial charge is 0.494 e. The van der Waals surface area contributed by atoms with Crippen LogP contribution in [-0.4, -0.2) is 22.5 Å². The Morgan fingerprint density at radius 3 is 2.76 bits per heavy atom. The summed E-state index contributed by atoms with van der Waals surface area (Å²) >= 11 is 2.80. The van der Waals surface area contributed by atoms with Gasteiger partial charge in [0, 0.05) is 0 Å². The fourth-order valence-corrected chi connectivity index (χ4v) is 4.06. The van der Waals surface area contributed by atoms with E-state index in [-0.39, 0.29) is 5.91 Å². The second-order valence-corrected chi connectivity index (χ2v) is 7.21. The number of nitrogens with zero attached hydrogens (tertiary/aromatic N) is 2. The highest BCUT2D eigenvalue weighted by atomic mass is 32.1. The predicted molar refractivity (Wildman–Crippen MR) is 101 cm³/mol. The second kappa shape index (κ2) is 6.66. The van der Waals surface area contributed by atoms with Crippen molar-refractivity contribution in [3.63, 3.8) is 0 Å². The van der Waals surface area contributed by atoms with E-state index in [1.807, 2.05) is 49.4 Å². The van der Waals surface area contributed by atoms with Crippen molar-refractivity contribution in [1.29, 1.82) is 0 Å². The topological polar surface area (TPSA) is 76.1 Å². The number of aromatic nitrogens is 2. The number of amides is 1. The van der Waals surface area contributed by atoms with Crippen LogP contribution in [0.3, 0.4) is 0 Å². The van der Waals surface area contributed by atoms with E-state index in [0.717, 1.165) is 26.2 Å². The van der Waals surface area contributed by atoms with Gasteiger partial charge in [0.05, 0.1) is 27.0 Å². The van der Waals surface area contributed by atoms with Crippen molar-refractivity contribution in [1.82, 2.24) is 15.4 Å². The number of rotatable bonds is 5. The number of hydrazine groups is 1. The van der Waals surface area contributed by atoms with Crippen molar-refractivity contribution in [2.45, 2.75) is 6.92 Å². The molecular weight excluding hydrogens is 356 g/mol. The van der Waals surface area contributed by atoms with Gasteiger partial charge in [0.2, 0.25) is 5.13 Å². The van der Waals surface area contributed by atoms with Gasteiger partial charge in [0.15, 0.2) is 5.01 Å². The van der Waals surface area contributed by atoms with E-state index in [1.54, 1.807) is 0 Å². The van der Waals surface area contributed by atoms with Crippen molar-refractivity contribution < 1.29 is 9.53 Å². The van der Waals surface area contributed by atoms with E-state index in [9.17, 15) is 4.79 Å². The maximum absolute atomic E-state index is 12.3. The molecule has 0 bridgehead atoms. The SMILES string of the molecule is CCOc1ccc2nc(NNC(=O)c3nc4ccccc4s3)sc2c1. The number of fused-ring (bicyclic) bond motifs is 2. The highest BCUT2D eigenvalue weighted by Crippen LogP contribution is 2.29. The number of thiazole rings is 2. The summed E-state index contributed by atoms with van der Waals surface area (Å²) in [5.41, 5.74) is 7.19. The zero-order chi connectivity index (χ0) is 17.2. The molecular formula is C17H14N4O2S2. The van der Waals surface area contributed by atoms with E-state index >= 15 is 0 Å². The van der Waals surface area contributed by atoms with Crippen LogP contribution in [0.2, 0.25) is 0 Å². The first-order chi connectivity index (χ1) is 12.2. The van der Waals surface area contributed by atoms with Crippen molar-refractivity contribution in [2.75, 3.05) is 12.0 Å². The summed E-state index contributed by atoms with van der Waals surface area (Å²) < 4.78 is 7.46. The molecule has 2 N–H and O–H groups in total. The lowest BCUT2D eigenvalue weighted by Crippen LogP contribution is -2.29. The molecule has 0 aliphatic rings. The summed E-state index contributed by atoms with van der Waals surface area (Å²) in [7, 11) is 0. The van der Waals surface area contributed by atoms with Crippen LogP contribution in [0.25, 0.3) is 20.4 Å². The molecule has 0 aliphatic heterocycles. The lowest BCUT2D eigenvalue weighted by molar-refractivity contribution is 0.0962. The number of carbonyl (C=O) groups is 1. The van der Waals surface area contributed by atoms with Gasteiger partial charge in [-0.3, -0.25) is 15.6 Å². The molecule has 0 saturated carbocycles. The molecule has 2 aromatic carbocycles. The van der Waals surface area contributed by atoms with Crippen LogP contribution in [0.4, 0.5) is 5.13 Å². The number of ether oxygens (including phenoxy) is 1. The van der Waals surface area contributed by atoms with E-state index in [2.05, 4.69) is 20.8 Å². The summed E-state index contributed by atoms with van der Waals surface area (Å²) in [4.78, 5) is 21.0. The Morgan fingerprint density at radius 2 is 1.92 bits per heavy atom.